The number of halogens is 3. The summed E-state index contributed by atoms with van der Waals surface area (Å²) in [5, 5.41) is 15.4. The van der Waals surface area contributed by atoms with Crippen LogP contribution >= 0.6 is 0 Å². The number of urea groups is 1. The second-order valence-electron chi connectivity index (χ2n) is 6.85. The van der Waals surface area contributed by atoms with E-state index in [4.69, 9.17) is 0 Å². The summed E-state index contributed by atoms with van der Waals surface area (Å²) in [7, 11) is 0. The van der Waals surface area contributed by atoms with Crippen molar-refractivity contribution in [2.75, 3.05) is 0 Å². The minimum Gasteiger partial charge on any atom is -0.385 e. The molecular weight excluding hydrogens is 321 g/mol. The van der Waals surface area contributed by atoms with Crippen molar-refractivity contribution in [3.8, 4) is 0 Å². The van der Waals surface area contributed by atoms with Crippen LogP contribution in [0.1, 0.15) is 44.1 Å². The van der Waals surface area contributed by atoms with Crippen molar-refractivity contribution in [1.29, 1.82) is 0 Å². The zero-order valence-electron chi connectivity index (χ0n) is 13.2. The van der Waals surface area contributed by atoms with Crippen molar-refractivity contribution in [2.45, 2.75) is 61.9 Å². The number of amides is 2. The van der Waals surface area contributed by atoms with Crippen LogP contribution in [0.2, 0.25) is 0 Å². The van der Waals surface area contributed by atoms with Gasteiger partial charge in [0.2, 0.25) is 0 Å². The van der Waals surface area contributed by atoms with E-state index in [2.05, 4.69) is 10.6 Å². The molecule has 0 unspecified atom stereocenters. The Morgan fingerprint density at radius 2 is 1.67 bits per heavy atom. The third kappa shape index (κ3) is 3.36. The van der Waals surface area contributed by atoms with Gasteiger partial charge in [-0.25, -0.2) is 4.79 Å². The molecular formula is C17H21F3N2O2. The summed E-state index contributed by atoms with van der Waals surface area (Å²) in [6, 6.07) is 8.31. The van der Waals surface area contributed by atoms with Crippen molar-refractivity contribution in [2.24, 2.45) is 0 Å². The molecule has 0 radical (unpaired) electrons. The van der Waals surface area contributed by atoms with Crippen molar-refractivity contribution in [3.63, 3.8) is 0 Å². The molecule has 0 aromatic heterocycles. The molecule has 4 nitrogen and oxygen atoms in total. The fraction of sp³-hybridized carbons (Fsp3) is 0.588. The predicted molar refractivity (Wildman–Crippen MR) is 82.3 cm³/mol. The molecule has 7 heteroatoms. The molecule has 3 rings (SSSR count). The van der Waals surface area contributed by atoms with E-state index < -0.39 is 23.3 Å². The molecule has 3 N–H and O–H groups in total. The van der Waals surface area contributed by atoms with Gasteiger partial charge in [-0.1, -0.05) is 30.3 Å². The van der Waals surface area contributed by atoms with Crippen LogP contribution in [-0.4, -0.2) is 28.9 Å². The Kier molecular flexibility index (Phi) is 4.23. The fourth-order valence-electron chi connectivity index (χ4n) is 3.32. The van der Waals surface area contributed by atoms with Gasteiger partial charge in [-0.3, -0.25) is 0 Å². The molecule has 1 aromatic rings. The van der Waals surface area contributed by atoms with Crippen LogP contribution in [0.25, 0.3) is 0 Å². The van der Waals surface area contributed by atoms with Gasteiger partial charge in [0, 0.05) is 6.04 Å². The average molecular weight is 342 g/mol. The number of carbonyl (C=O) groups is 1. The Hall–Kier alpha value is -1.76. The molecule has 0 spiro atoms. The van der Waals surface area contributed by atoms with Gasteiger partial charge in [0.15, 0.2) is 0 Å². The Morgan fingerprint density at radius 1 is 1.08 bits per heavy atom. The number of benzene rings is 1. The normalized spacial score (nSPS) is 28.9. The SMILES string of the molecule is O=C(NC1CCC(O)(c2ccccc2)CC1)NC1(C(F)(F)F)CC1. The minimum absolute atomic E-state index is 0.0671. The van der Waals surface area contributed by atoms with Crippen LogP contribution in [0.5, 0.6) is 0 Å². The molecule has 0 aliphatic heterocycles. The maximum atomic E-state index is 12.8. The Morgan fingerprint density at radius 3 is 2.17 bits per heavy atom. The lowest BCUT2D eigenvalue weighted by molar-refractivity contribution is -0.162. The molecule has 0 saturated heterocycles. The van der Waals surface area contributed by atoms with Crippen molar-refractivity contribution >= 4 is 6.03 Å². The summed E-state index contributed by atoms with van der Waals surface area (Å²) in [5.74, 6) is 0. The number of hydrogen-bond acceptors (Lipinski definition) is 2. The molecule has 2 aliphatic rings. The number of rotatable bonds is 3. The van der Waals surface area contributed by atoms with Gasteiger partial charge in [0.05, 0.1) is 5.60 Å². The van der Waals surface area contributed by atoms with E-state index in [9.17, 15) is 23.1 Å². The number of nitrogens with one attached hydrogen (secondary N) is 2. The fourth-order valence-corrected chi connectivity index (χ4v) is 3.32. The zero-order chi connectivity index (χ0) is 17.4. The van der Waals surface area contributed by atoms with E-state index >= 15 is 0 Å². The molecule has 24 heavy (non-hydrogen) atoms. The highest BCUT2D eigenvalue weighted by molar-refractivity contribution is 5.75. The molecule has 0 bridgehead atoms. The van der Waals surface area contributed by atoms with E-state index in [-0.39, 0.29) is 18.9 Å². The molecule has 2 saturated carbocycles. The topological polar surface area (TPSA) is 61.4 Å². The zero-order valence-corrected chi connectivity index (χ0v) is 13.2. The molecule has 0 heterocycles. The smallest absolute Gasteiger partial charge is 0.385 e. The summed E-state index contributed by atoms with van der Waals surface area (Å²) in [5.41, 5.74) is -2.14. The summed E-state index contributed by atoms with van der Waals surface area (Å²) >= 11 is 0. The third-order valence-corrected chi connectivity index (χ3v) is 5.10. The monoisotopic (exact) mass is 342 g/mol. The standard InChI is InChI=1S/C17H21F3N2O2/c18-17(19,20)16(10-11-16)22-14(23)21-13-6-8-15(24,9-7-13)12-4-2-1-3-5-12/h1-5,13,24H,6-11H2,(H2,21,22,23). The second-order valence-corrected chi connectivity index (χ2v) is 6.85. The van der Waals surface area contributed by atoms with Gasteiger partial charge in [-0.15, -0.1) is 0 Å². The van der Waals surface area contributed by atoms with Gasteiger partial charge in [-0.05, 0) is 44.1 Å². The van der Waals surface area contributed by atoms with Gasteiger partial charge in [0.25, 0.3) is 0 Å². The van der Waals surface area contributed by atoms with E-state index in [1.165, 1.54) is 0 Å². The first-order valence-electron chi connectivity index (χ1n) is 8.17. The first kappa shape index (κ1) is 17.1. The predicted octanol–water partition coefficient (Wildman–Crippen LogP) is 3.21. The summed E-state index contributed by atoms with van der Waals surface area (Å²) in [4.78, 5) is 11.9. The summed E-state index contributed by atoms with van der Waals surface area (Å²) < 4.78 is 38.5. The first-order valence-corrected chi connectivity index (χ1v) is 8.17. The highest BCUT2D eigenvalue weighted by Crippen LogP contribution is 2.48. The lowest BCUT2D eigenvalue weighted by Crippen LogP contribution is -2.54. The molecule has 2 aliphatic carbocycles. The lowest BCUT2D eigenvalue weighted by atomic mass is 9.78. The number of hydrogen-bond donors (Lipinski definition) is 3. The van der Waals surface area contributed by atoms with E-state index in [0.29, 0.717) is 25.7 Å². The molecule has 132 valence electrons. The highest BCUT2D eigenvalue weighted by Gasteiger charge is 2.64. The Labute approximate surface area is 138 Å². The Bertz CT molecular complexity index is 592. The van der Waals surface area contributed by atoms with Crippen molar-refractivity contribution < 1.29 is 23.1 Å². The van der Waals surface area contributed by atoms with E-state index in [0.717, 1.165) is 5.56 Å². The Balaban J connectivity index is 1.52. The molecule has 0 atom stereocenters. The highest BCUT2D eigenvalue weighted by atomic mass is 19.4. The van der Waals surface area contributed by atoms with Gasteiger partial charge in [-0.2, -0.15) is 13.2 Å². The van der Waals surface area contributed by atoms with Gasteiger partial charge >= 0.3 is 12.2 Å². The number of aliphatic hydroxyl groups is 1. The molecule has 1 aromatic carbocycles. The maximum Gasteiger partial charge on any atom is 0.411 e. The second kappa shape index (κ2) is 5.95. The maximum absolute atomic E-state index is 12.8. The number of carbonyl (C=O) groups excluding carboxylic acids is 1. The van der Waals surface area contributed by atoms with Gasteiger partial charge in [0.1, 0.15) is 5.54 Å². The molecule has 2 fully saturated rings. The van der Waals surface area contributed by atoms with Crippen LogP contribution in [0.4, 0.5) is 18.0 Å². The van der Waals surface area contributed by atoms with Gasteiger partial charge < -0.3 is 15.7 Å². The first-order chi connectivity index (χ1) is 11.2. The summed E-state index contributed by atoms with van der Waals surface area (Å²) in [6.45, 7) is 0. The number of alkyl halides is 3. The van der Waals surface area contributed by atoms with Crippen LogP contribution in [0.3, 0.4) is 0 Å². The quantitative estimate of drug-likeness (QED) is 0.790. The third-order valence-electron chi connectivity index (χ3n) is 5.10. The van der Waals surface area contributed by atoms with Crippen LogP contribution in [0, 0.1) is 0 Å². The average Bonchev–Trinajstić information content (AvgIpc) is 3.31. The van der Waals surface area contributed by atoms with Crippen molar-refractivity contribution in [3.05, 3.63) is 35.9 Å². The molecule has 2 amide bonds. The van der Waals surface area contributed by atoms with E-state index in [1.807, 2.05) is 30.3 Å². The van der Waals surface area contributed by atoms with Crippen LogP contribution in [0.15, 0.2) is 30.3 Å². The van der Waals surface area contributed by atoms with Crippen LogP contribution in [-0.2, 0) is 5.60 Å². The summed E-state index contributed by atoms with van der Waals surface area (Å²) in [6.07, 6.45) is -2.57. The lowest BCUT2D eigenvalue weighted by Gasteiger charge is -2.37. The largest absolute Gasteiger partial charge is 0.411 e. The minimum atomic E-state index is -4.41. The van der Waals surface area contributed by atoms with E-state index in [1.54, 1.807) is 0 Å². The van der Waals surface area contributed by atoms with Crippen molar-refractivity contribution in [1.82, 2.24) is 10.6 Å². The van der Waals surface area contributed by atoms with Crippen LogP contribution < -0.4 is 10.6 Å².